The topological polar surface area (TPSA) is 107 Å². The molecule has 0 aliphatic heterocycles. The van der Waals surface area contributed by atoms with Crippen LogP contribution >= 0.6 is 11.8 Å². The van der Waals surface area contributed by atoms with E-state index in [2.05, 4.69) is 5.32 Å². The highest BCUT2D eigenvalue weighted by Gasteiger charge is 2.33. The summed E-state index contributed by atoms with van der Waals surface area (Å²) in [5, 5.41) is 14.1. The van der Waals surface area contributed by atoms with Gasteiger partial charge < -0.3 is 15.8 Å². The number of nitro groups is 1. The van der Waals surface area contributed by atoms with Gasteiger partial charge in [0.15, 0.2) is 5.75 Å². The minimum absolute atomic E-state index is 0.0321. The van der Waals surface area contributed by atoms with E-state index in [9.17, 15) is 14.9 Å². The van der Waals surface area contributed by atoms with Crippen LogP contribution < -0.4 is 15.8 Å². The maximum Gasteiger partial charge on any atom is 0.311 e. The van der Waals surface area contributed by atoms with Crippen LogP contribution in [0.1, 0.15) is 31.2 Å². The van der Waals surface area contributed by atoms with Crippen LogP contribution in [-0.4, -0.2) is 35.8 Å². The third-order valence-electron chi connectivity index (χ3n) is 4.30. The summed E-state index contributed by atoms with van der Waals surface area (Å²) in [6.07, 6.45) is 4.06. The SMILES string of the molecule is COc1ccc(CSCC(=O)NC2(CN)CCCC2)cc1[N+](=O)[O-]. The molecule has 1 amide bonds. The van der Waals surface area contributed by atoms with Gasteiger partial charge in [-0.05, 0) is 24.5 Å². The van der Waals surface area contributed by atoms with E-state index in [-0.39, 0.29) is 22.9 Å². The Morgan fingerprint density at radius 2 is 2.17 bits per heavy atom. The molecule has 1 aromatic rings. The van der Waals surface area contributed by atoms with E-state index in [1.54, 1.807) is 12.1 Å². The van der Waals surface area contributed by atoms with E-state index >= 15 is 0 Å². The molecule has 8 heteroatoms. The Balaban J connectivity index is 1.86. The van der Waals surface area contributed by atoms with Crippen LogP contribution in [0.2, 0.25) is 0 Å². The third kappa shape index (κ3) is 4.61. The van der Waals surface area contributed by atoms with Crippen LogP contribution in [0.15, 0.2) is 18.2 Å². The molecule has 0 atom stereocenters. The molecule has 0 bridgehead atoms. The second-order valence-corrected chi connectivity index (χ2v) is 6.98. The zero-order chi connectivity index (χ0) is 17.6. The Hall–Kier alpha value is -1.80. The molecule has 0 heterocycles. The molecule has 1 fully saturated rings. The van der Waals surface area contributed by atoms with Crippen molar-refractivity contribution in [3.8, 4) is 5.75 Å². The number of carbonyl (C=O) groups is 1. The first kappa shape index (κ1) is 18.5. The lowest BCUT2D eigenvalue weighted by atomic mass is 9.98. The number of rotatable bonds is 8. The van der Waals surface area contributed by atoms with Crippen LogP contribution in [0.3, 0.4) is 0 Å². The summed E-state index contributed by atoms with van der Waals surface area (Å²) in [7, 11) is 1.40. The van der Waals surface area contributed by atoms with Crippen LogP contribution in [0.25, 0.3) is 0 Å². The van der Waals surface area contributed by atoms with Crippen molar-refractivity contribution in [2.75, 3.05) is 19.4 Å². The Bertz CT molecular complexity index is 603. The number of nitro benzene ring substituents is 1. The fourth-order valence-electron chi connectivity index (χ4n) is 2.99. The van der Waals surface area contributed by atoms with Gasteiger partial charge in [0, 0.05) is 18.4 Å². The molecule has 0 spiro atoms. The first-order valence-corrected chi connectivity index (χ1v) is 9.05. The Kier molecular flexibility index (Phi) is 6.44. The Labute approximate surface area is 145 Å². The average molecular weight is 353 g/mol. The number of methoxy groups -OCH3 is 1. The smallest absolute Gasteiger partial charge is 0.311 e. The first-order valence-electron chi connectivity index (χ1n) is 7.90. The number of nitrogens with one attached hydrogen (secondary N) is 1. The van der Waals surface area contributed by atoms with Gasteiger partial charge in [0.1, 0.15) is 0 Å². The Morgan fingerprint density at radius 3 is 2.75 bits per heavy atom. The molecule has 0 saturated heterocycles. The zero-order valence-electron chi connectivity index (χ0n) is 13.7. The molecule has 24 heavy (non-hydrogen) atoms. The first-order chi connectivity index (χ1) is 11.5. The van der Waals surface area contributed by atoms with E-state index in [0.717, 1.165) is 31.2 Å². The number of ether oxygens (including phenoxy) is 1. The molecule has 132 valence electrons. The molecule has 1 aliphatic carbocycles. The molecular weight excluding hydrogens is 330 g/mol. The van der Waals surface area contributed by atoms with Gasteiger partial charge in [0.25, 0.3) is 0 Å². The normalized spacial score (nSPS) is 15.9. The van der Waals surface area contributed by atoms with Crippen LogP contribution in [0.4, 0.5) is 5.69 Å². The number of hydrogen-bond acceptors (Lipinski definition) is 6. The van der Waals surface area contributed by atoms with Crippen molar-refractivity contribution in [3.63, 3.8) is 0 Å². The van der Waals surface area contributed by atoms with E-state index in [0.29, 0.717) is 18.1 Å². The number of carbonyl (C=O) groups excluding carboxylic acids is 1. The summed E-state index contributed by atoms with van der Waals surface area (Å²) in [6.45, 7) is 0.466. The van der Waals surface area contributed by atoms with Gasteiger partial charge in [0.05, 0.1) is 23.3 Å². The van der Waals surface area contributed by atoms with Crippen LogP contribution in [0, 0.1) is 10.1 Å². The molecule has 0 aromatic heterocycles. The van der Waals surface area contributed by atoms with E-state index in [4.69, 9.17) is 10.5 Å². The number of nitrogens with zero attached hydrogens (tertiary/aromatic N) is 1. The van der Waals surface area contributed by atoms with Gasteiger partial charge in [-0.3, -0.25) is 14.9 Å². The summed E-state index contributed by atoms with van der Waals surface area (Å²) >= 11 is 1.42. The summed E-state index contributed by atoms with van der Waals surface area (Å²) in [4.78, 5) is 22.7. The molecule has 1 aromatic carbocycles. The monoisotopic (exact) mass is 353 g/mol. The molecule has 0 unspecified atom stereocenters. The van der Waals surface area contributed by atoms with Crippen molar-refractivity contribution in [1.82, 2.24) is 5.32 Å². The predicted octanol–water partition coefficient (Wildman–Crippen LogP) is 2.22. The summed E-state index contributed by atoms with van der Waals surface area (Å²) in [5.74, 6) is 1.03. The number of amides is 1. The van der Waals surface area contributed by atoms with Gasteiger partial charge in [0.2, 0.25) is 5.91 Å². The minimum Gasteiger partial charge on any atom is -0.490 e. The Morgan fingerprint density at radius 1 is 1.46 bits per heavy atom. The minimum atomic E-state index is -0.467. The van der Waals surface area contributed by atoms with E-state index in [1.165, 1.54) is 24.9 Å². The van der Waals surface area contributed by atoms with E-state index < -0.39 is 4.92 Å². The van der Waals surface area contributed by atoms with Gasteiger partial charge in [-0.1, -0.05) is 18.9 Å². The van der Waals surface area contributed by atoms with Crippen molar-refractivity contribution < 1.29 is 14.5 Å². The standard InChI is InChI=1S/C16H23N3O4S/c1-23-14-5-4-12(8-13(14)19(21)22)9-24-10-15(20)18-16(11-17)6-2-3-7-16/h4-5,8H,2-3,6-7,9-11,17H2,1H3,(H,18,20). The number of benzene rings is 1. The quantitative estimate of drug-likeness (QED) is 0.548. The summed E-state index contributed by atoms with van der Waals surface area (Å²) in [5.41, 5.74) is 6.30. The van der Waals surface area contributed by atoms with Crippen molar-refractivity contribution in [2.45, 2.75) is 37.0 Å². The van der Waals surface area contributed by atoms with Crippen molar-refractivity contribution in [2.24, 2.45) is 5.73 Å². The van der Waals surface area contributed by atoms with Crippen molar-refractivity contribution in [3.05, 3.63) is 33.9 Å². The van der Waals surface area contributed by atoms with Crippen molar-refractivity contribution >= 4 is 23.4 Å². The van der Waals surface area contributed by atoms with Gasteiger partial charge in [-0.15, -0.1) is 11.8 Å². The molecule has 3 N–H and O–H groups in total. The zero-order valence-corrected chi connectivity index (χ0v) is 14.6. The highest BCUT2D eigenvalue weighted by Crippen LogP contribution is 2.30. The van der Waals surface area contributed by atoms with Crippen LogP contribution in [0.5, 0.6) is 5.75 Å². The van der Waals surface area contributed by atoms with E-state index in [1.807, 2.05) is 0 Å². The summed E-state index contributed by atoms with van der Waals surface area (Å²) < 4.78 is 4.98. The fourth-order valence-corrected chi connectivity index (χ4v) is 3.77. The molecular formula is C16H23N3O4S. The molecule has 0 radical (unpaired) electrons. The van der Waals surface area contributed by atoms with Gasteiger partial charge in [-0.2, -0.15) is 0 Å². The third-order valence-corrected chi connectivity index (χ3v) is 5.30. The second-order valence-electron chi connectivity index (χ2n) is 6.00. The maximum atomic E-state index is 12.1. The lowest BCUT2D eigenvalue weighted by molar-refractivity contribution is -0.385. The highest BCUT2D eigenvalue weighted by molar-refractivity contribution is 7.99. The average Bonchev–Trinajstić information content (AvgIpc) is 3.03. The molecule has 1 aliphatic rings. The lowest BCUT2D eigenvalue weighted by Gasteiger charge is -2.28. The highest BCUT2D eigenvalue weighted by atomic mass is 32.2. The van der Waals surface area contributed by atoms with Gasteiger partial charge >= 0.3 is 5.69 Å². The lowest BCUT2D eigenvalue weighted by Crippen LogP contribution is -2.52. The summed E-state index contributed by atoms with van der Waals surface area (Å²) in [6, 6.07) is 4.84. The largest absolute Gasteiger partial charge is 0.490 e. The fraction of sp³-hybridized carbons (Fsp3) is 0.562. The molecule has 2 rings (SSSR count). The predicted molar refractivity (Wildman–Crippen MR) is 94.2 cm³/mol. The molecule has 1 saturated carbocycles. The second kappa shape index (κ2) is 8.34. The number of nitrogens with two attached hydrogens (primary N) is 1. The number of thioether (sulfide) groups is 1. The van der Waals surface area contributed by atoms with Crippen molar-refractivity contribution in [1.29, 1.82) is 0 Å². The van der Waals surface area contributed by atoms with Crippen LogP contribution in [-0.2, 0) is 10.5 Å². The maximum absolute atomic E-state index is 12.1. The molecule has 7 nitrogen and oxygen atoms in total. The number of hydrogen-bond donors (Lipinski definition) is 2. The van der Waals surface area contributed by atoms with Gasteiger partial charge in [-0.25, -0.2) is 0 Å².